The Morgan fingerprint density at radius 1 is 1.15 bits per heavy atom. The van der Waals surface area contributed by atoms with Crippen molar-refractivity contribution in [2.75, 3.05) is 6.61 Å². The average molecular weight is 686 g/mol. The summed E-state index contributed by atoms with van der Waals surface area (Å²) in [4.78, 5) is 45.4. The van der Waals surface area contributed by atoms with Gasteiger partial charge < -0.3 is 34.0 Å². The Morgan fingerprint density at radius 3 is 2.54 bits per heavy atom. The van der Waals surface area contributed by atoms with Crippen LogP contribution < -0.4 is 0 Å². The van der Waals surface area contributed by atoms with Gasteiger partial charge in [0.1, 0.15) is 6.61 Å². The largest absolute Gasteiger partial charge is 0.470 e. The number of carbonyl (C=O) groups is 2. The summed E-state index contributed by atoms with van der Waals surface area (Å²) in [5, 5.41) is 21.2. The second kappa shape index (κ2) is 11.4. The molecule has 7 rings (SSSR count). The summed E-state index contributed by atoms with van der Waals surface area (Å²) in [7, 11) is -3.22. The van der Waals surface area contributed by atoms with Gasteiger partial charge in [-0.25, -0.2) is 8.96 Å². The van der Waals surface area contributed by atoms with Crippen LogP contribution in [-0.2, 0) is 48.2 Å². The van der Waals surface area contributed by atoms with E-state index in [1.54, 1.807) is 19.9 Å². The molecular weight excluding hydrogens is 644 g/mol. The number of carbonyl (C=O) groups excluding carboxylic acids is 2. The van der Waals surface area contributed by atoms with Gasteiger partial charge in [-0.05, 0) is 79.9 Å². The molecule has 258 valence electrons. The molecule has 3 saturated carbocycles. The molecule has 4 fully saturated rings. The van der Waals surface area contributed by atoms with Gasteiger partial charge in [-0.15, -0.1) is 0 Å². The summed E-state index contributed by atoms with van der Waals surface area (Å²) in [5.41, 5.74) is -2.37. The Hall–Kier alpha value is -2.80. The number of aliphatic hydroxyl groups excluding tert-OH is 2. The summed E-state index contributed by atoms with van der Waals surface area (Å²) < 4.78 is 49.2. The minimum Gasteiger partial charge on any atom is -0.392 e. The molecule has 1 aromatic heterocycles. The Labute approximate surface area is 277 Å². The molecule has 9 atom stereocenters. The number of ketones is 2. The third-order valence-corrected chi connectivity index (χ3v) is 12.6. The fourth-order valence-corrected chi connectivity index (χ4v) is 10.1. The highest BCUT2D eigenvalue weighted by Gasteiger charge is 2.79. The van der Waals surface area contributed by atoms with Crippen molar-refractivity contribution in [1.29, 1.82) is 0 Å². The fourth-order valence-electron chi connectivity index (χ4n) is 9.82. The highest BCUT2D eigenvalue weighted by atomic mass is 31.2. The number of Topliss-reactive ketones (excluding diaryl/α,β-unsaturated/α-hetero) is 1. The number of allylic oxidation sites excluding steroid dienone is 4. The lowest BCUT2D eigenvalue weighted by atomic mass is 9.44. The van der Waals surface area contributed by atoms with E-state index < -0.39 is 72.6 Å². The molecule has 0 amide bonds. The molecule has 1 aromatic carbocycles. The Balaban J connectivity index is 1.24. The summed E-state index contributed by atoms with van der Waals surface area (Å²) in [5.74, 6) is -2.20. The number of benzene rings is 1. The SMILES string of the molecule is Cn1cc(Cc2ccc(CO)cc2)cc1[C@@H]1O[C@@H]2C[C@H]3[C@@H]4CCC5=CC(=O)C=C[C@]5(C)[C@@]4(F)[C@@H](O)C[C@]3(C)[C@]2(C(=O)COP(=O)(O)O)O1. The van der Waals surface area contributed by atoms with E-state index in [1.165, 1.54) is 12.2 Å². The third kappa shape index (κ3) is 4.83. The van der Waals surface area contributed by atoms with Crippen LogP contribution in [0.1, 0.15) is 68.2 Å². The lowest BCUT2D eigenvalue weighted by molar-refractivity contribution is -0.231. The predicted molar refractivity (Wildman–Crippen MR) is 169 cm³/mol. The summed E-state index contributed by atoms with van der Waals surface area (Å²) in [6, 6.07) is 9.49. The minimum absolute atomic E-state index is 0.0493. The molecule has 1 saturated heterocycles. The van der Waals surface area contributed by atoms with Crippen LogP contribution in [0.2, 0.25) is 0 Å². The summed E-state index contributed by atoms with van der Waals surface area (Å²) in [6.07, 6.45) is 4.14. The molecule has 4 N–H and O–H groups in total. The zero-order valence-corrected chi connectivity index (χ0v) is 27.9. The number of aryl methyl sites for hydroxylation is 1. The fraction of sp³-hybridized carbons (Fsp3) is 0.543. The highest BCUT2D eigenvalue weighted by Crippen LogP contribution is 2.72. The van der Waals surface area contributed by atoms with Crippen LogP contribution in [0.25, 0.3) is 0 Å². The van der Waals surface area contributed by atoms with Crippen molar-refractivity contribution < 1.29 is 52.5 Å². The number of halogens is 1. The molecule has 1 aliphatic heterocycles. The van der Waals surface area contributed by atoms with Gasteiger partial charge in [0.05, 0.1) is 24.5 Å². The molecular formula is C35H41FNO10P. The van der Waals surface area contributed by atoms with Crippen LogP contribution in [0.5, 0.6) is 0 Å². The number of hydrogen-bond donors (Lipinski definition) is 4. The van der Waals surface area contributed by atoms with Crippen molar-refractivity contribution in [2.45, 2.75) is 82.3 Å². The standard InChI is InChI=1S/C35H41FNO10P/c1-32-11-10-24(39)14-23(32)8-9-25-26-15-30-35(29(41)19-45-48(42,43)44,33(26,2)16-28(40)34(25,32)36)47-31(46-30)27-13-22(17-37(27)3)12-20-4-6-21(18-38)7-5-20/h4-7,10-11,13-14,17,25-26,28,30-31,38,40H,8-9,12,15-16,18-19H2,1-3H3,(H2,42,43,44)/t25-,26-,28-,30+,31+,32-,33-,34-,35+/m0/s1. The van der Waals surface area contributed by atoms with E-state index in [1.807, 2.05) is 48.1 Å². The zero-order valence-electron chi connectivity index (χ0n) is 27.0. The maximum absolute atomic E-state index is 17.7. The van der Waals surface area contributed by atoms with Crippen LogP contribution in [0.15, 0.2) is 60.3 Å². The number of alkyl halides is 1. The average Bonchev–Trinajstić information content (AvgIpc) is 3.66. The molecule has 11 nitrogen and oxygen atoms in total. The van der Waals surface area contributed by atoms with Crippen LogP contribution in [-0.4, -0.2) is 66.2 Å². The number of aromatic nitrogens is 1. The van der Waals surface area contributed by atoms with Gasteiger partial charge in [0.25, 0.3) is 0 Å². The number of fused-ring (bicyclic) bond motifs is 7. The van der Waals surface area contributed by atoms with Crippen molar-refractivity contribution in [3.8, 4) is 0 Å². The third-order valence-electron chi connectivity index (χ3n) is 12.1. The molecule has 0 radical (unpaired) electrons. The number of aliphatic hydroxyl groups is 2. The predicted octanol–water partition coefficient (Wildman–Crippen LogP) is 3.92. The van der Waals surface area contributed by atoms with Gasteiger partial charge in [0, 0.05) is 30.0 Å². The topological polar surface area (TPSA) is 165 Å². The highest BCUT2D eigenvalue weighted by molar-refractivity contribution is 7.46. The van der Waals surface area contributed by atoms with Crippen molar-refractivity contribution in [2.24, 2.45) is 29.7 Å². The van der Waals surface area contributed by atoms with E-state index in [-0.39, 0.29) is 25.2 Å². The molecule has 0 bridgehead atoms. The van der Waals surface area contributed by atoms with E-state index >= 15 is 4.39 Å². The first kappa shape index (κ1) is 33.7. The summed E-state index contributed by atoms with van der Waals surface area (Å²) in [6.45, 7) is 2.48. The number of phosphoric acid groups is 1. The number of hydrogen-bond acceptors (Lipinski definition) is 8. The number of phosphoric ester groups is 1. The maximum Gasteiger partial charge on any atom is 0.470 e. The van der Waals surface area contributed by atoms with E-state index in [9.17, 15) is 34.2 Å². The van der Waals surface area contributed by atoms with E-state index in [2.05, 4.69) is 0 Å². The first-order valence-electron chi connectivity index (χ1n) is 16.3. The number of ether oxygens (including phenoxy) is 2. The second-order valence-electron chi connectivity index (χ2n) is 14.5. The van der Waals surface area contributed by atoms with Crippen LogP contribution in [0.4, 0.5) is 4.39 Å². The van der Waals surface area contributed by atoms with Gasteiger partial charge in [-0.1, -0.05) is 42.8 Å². The Morgan fingerprint density at radius 2 is 1.85 bits per heavy atom. The van der Waals surface area contributed by atoms with Gasteiger partial charge in [0.15, 0.2) is 22.8 Å². The first-order chi connectivity index (χ1) is 22.6. The zero-order chi connectivity index (χ0) is 34.4. The van der Waals surface area contributed by atoms with Crippen LogP contribution >= 0.6 is 7.82 Å². The first-order valence-corrected chi connectivity index (χ1v) is 17.8. The van der Waals surface area contributed by atoms with Crippen molar-refractivity contribution in [3.05, 3.63) is 82.7 Å². The molecule has 4 aliphatic carbocycles. The van der Waals surface area contributed by atoms with Gasteiger partial charge in [-0.3, -0.25) is 14.1 Å². The lowest BCUT2D eigenvalue weighted by Crippen LogP contribution is -2.69. The minimum atomic E-state index is -5.04. The molecule has 2 aromatic rings. The molecule has 2 heterocycles. The second-order valence-corrected chi connectivity index (χ2v) is 15.8. The molecule has 13 heteroatoms. The number of rotatable bonds is 8. The maximum atomic E-state index is 17.7. The quantitative estimate of drug-likeness (QED) is 0.300. The molecule has 0 unspecified atom stereocenters. The monoisotopic (exact) mass is 685 g/mol. The molecule has 48 heavy (non-hydrogen) atoms. The van der Waals surface area contributed by atoms with Gasteiger partial charge in [0.2, 0.25) is 6.29 Å². The summed E-state index contributed by atoms with van der Waals surface area (Å²) >= 11 is 0. The van der Waals surface area contributed by atoms with E-state index in [0.29, 0.717) is 30.5 Å². The van der Waals surface area contributed by atoms with E-state index in [4.69, 9.17) is 14.0 Å². The van der Waals surface area contributed by atoms with Crippen molar-refractivity contribution in [1.82, 2.24) is 4.57 Å². The van der Waals surface area contributed by atoms with Crippen molar-refractivity contribution >= 4 is 19.4 Å². The van der Waals surface area contributed by atoms with Gasteiger partial charge >= 0.3 is 7.82 Å². The normalized spacial score (nSPS) is 38.6. The van der Waals surface area contributed by atoms with E-state index in [0.717, 1.165) is 16.7 Å². The molecule has 5 aliphatic rings. The number of nitrogens with zero attached hydrogens (tertiary/aromatic N) is 1. The smallest absolute Gasteiger partial charge is 0.392 e. The molecule has 0 spiro atoms. The Kier molecular flexibility index (Phi) is 7.97. The lowest BCUT2D eigenvalue weighted by Gasteiger charge is -2.62. The Bertz CT molecular complexity index is 1770. The van der Waals surface area contributed by atoms with Crippen molar-refractivity contribution in [3.63, 3.8) is 0 Å². The van der Waals surface area contributed by atoms with Crippen LogP contribution in [0.3, 0.4) is 0 Å². The van der Waals surface area contributed by atoms with Gasteiger partial charge in [-0.2, -0.15) is 0 Å². The van der Waals surface area contributed by atoms with Crippen LogP contribution in [0, 0.1) is 22.7 Å².